The Morgan fingerprint density at radius 2 is 1.92 bits per heavy atom. The molecular weight excluding hydrogens is 328 g/mol. The van der Waals surface area contributed by atoms with Crippen LogP contribution in [0.2, 0.25) is 0 Å². The molecule has 1 heterocycles. The first-order valence-electron chi connectivity index (χ1n) is 7.91. The fraction of sp³-hybridized carbons (Fsp3) is 0.412. The maximum Gasteiger partial charge on any atom is 0.305 e. The molecule has 0 aliphatic heterocycles. The summed E-state index contributed by atoms with van der Waals surface area (Å²) in [4.78, 5) is 26.1. The highest BCUT2D eigenvalue weighted by atomic mass is 32.1. The minimum absolute atomic E-state index is 0.217. The molecule has 2 N–H and O–H groups in total. The van der Waals surface area contributed by atoms with E-state index < -0.39 is 0 Å². The highest BCUT2D eigenvalue weighted by Crippen LogP contribution is 2.28. The van der Waals surface area contributed by atoms with Gasteiger partial charge in [-0.15, -0.1) is 0 Å². The Bertz CT molecular complexity index is 751. The van der Waals surface area contributed by atoms with Crippen molar-refractivity contribution in [3.63, 3.8) is 0 Å². The van der Waals surface area contributed by atoms with Crippen molar-refractivity contribution in [1.29, 1.82) is 0 Å². The minimum Gasteiger partial charge on any atom is -0.490 e. The van der Waals surface area contributed by atoms with Gasteiger partial charge in [0.1, 0.15) is 4.88 Å². The molecule has 0 radical (unpaired) electrons. The largest absolute Gasteiger partial charge is 0.490 e. The van der Waals surface area contributed by atoms with Gasteiger partial charge in [0.15, 0.2) is 11.5 Å². The second kappa shape index (κ2) is 8.54. The summed E-state index contributed by atoms with van der Waals surface area (Å²) in [6, 6.07) is 5.77. The molecule has 1 aromatic carbocycles. The van der Waals surface area contributed by atoms with Crippen molar-refractivity contribution in [2.75, 3.05) is 19.8 Å². The smallest absolute Gasteiger partial charge is 0.305 e. The van der Waals surface area contributed by atoms with Crippen molar-refractivity contribution in [2.24, 2.45) is 0 Å². The first-order valence-corrected chi connectivity index (χ1v) is 8.73. The summed E-state index contributed by atoms with van der Waals surface area (Å²) in [7, 11) is 0. The van der Waals surface area contributed by atoms with E-state index in [-0.39, 0.29) is 10.8 Å². The van der Waals surface area contributed by atoms with Gasteiger partial charge in [0.05, 0.1) is 13.2 Å². The minimum atomic E-state index is -0.230. The molecule has 0 spiro atoms. The number of thiazole rings is 1. The lowest BCUT2D eigenvalue weighted by molar-refractivity contribution is 0.0957. The number of aromatic amines is 1. The first-order chi connectivity index (χ1) is 11.5. The van der Waals surface area contributed by atoms with E-state index >= 15 is 0 Å². The number of H-pyrrole nitrogens is 1. The maximum absolute atomic E-state index is 12.1. The highest BCUT2D eigenvalue weighted by molar-refractivity contribution is 7.11. The molecule has 6 nitrogen and oxygen atoms in total. The molecule has 130 valence electrons. The summed E-state index contributed by atoms with van der Waals surface area (Å²) in [5, 5.41) is 2.83. The molecule has 0 saturated heterocycles. The SMILES string of the molecule is CCOc1ccc(CCNC(=O)c2sc(=O)[nH]c2C)cc1OCC. The van der Waals surface area contributed by atoms with Crippen LogP contribution in [-0.4, -0.2) is 30.6 Å². The molecule has 1 aromatic heterocycles. The van der Waals surface area contributed by atoms with Crippen LogP contribution in [-0.2, 0) is 6.42 Å². The fourth-order valence-corrected chi connectivity index (χ4v) is 3.03. The van der Waals surface area contributed by atoms with E-state index in [9.17, 15) is 9.59 Å². The van der Waals surface area contributed by atoms with Crippen LogP contribution in [0.1, 0.15) is 34.8 Å². The van der Waals surface area contributed by atoms with Gasteiger partial charge in [-0.25, -0.2) is 0 Å². The van der Waals surface area contributed by atoms with Crippen LogP contribution >= 0.6 is 11.3 Å². The van der Waals surface area contributed by atoms with E-state index in [4.69, 9.17) is 9.47 Å². The van der Waals surface area contributed by atoms with Crippen molar-refractivity contribution < 1.29 is 14.3 Å². The molecule has 0 aliphatic carbocycles. The van der Waals surface area contributed by atoms with E-state index in [1.54, 1.807) is 6.92 Å². The number of nitrogens with one attached hydrogen (secondary N) is 2. The first kappa shape index (κ1) is 18.1. The molecule has 1 amide bonds. The molecule has 7 heteroatoms. The number of ether oxygens (including phenoxy) is 2. The Labute approximate surface area is 144 Å². The van der Waals surface area contributed by atoms with Gasteiger partial charge in [-0.05, 0) is 44.9 Å². The van der Waals surface area contributed by atoms with Gasteiger partial charge in [-0.2, -0.15) is 0 Å². The molecule has 0 atom stereocenters. The molecule has 0 saturated carbocycles. The third-order valence-electron chi connectivity index (χ3n) is 3.34. The van der Waals surface area contributed by atoms with Crippen molar-refractivity contribution in [3.05, 3.63) is 44.0 Å². The topological polar surface area (TPSA) is 80.4 Å². The van der Waals surface area contributed by atoms with E-state index in [1.807, 2.05) is 32.0 Å². The van der Waals surface area contributed by atoms with Crippen LogP contribution in [0.5, 0.6) is 11.5 Å². The lowest BCUT2D eigenvalue weighted by Gasteiger charge is -2.12. The van der Waals surface area contributed by atoms with Crippen molar-refractivity contribution >= 4 is 17.2 Å². The number of aromatic nitrogens is 1. The van der Waals surface area contributed by atoms with Crippen molar-refractivity contribution in [3.8, 4) is 11.5 Å². The Balaban J connectivity index is 1.96. The van der Waals surface area contributed by atoms with Gasteiger partial charge in [0, 0.05) is 12.2 Å². The number of rotatable bonds is 8. The third-order valence-corrected chi connectivity index (χ3v) is 4.32. The predicted octanol–water partition coefficient (Wildman–Crippen LogP) is 2.51. The van der Waals surface area contributed by atoms with Crippen LogP contribution in [0.15, 0.2) is 23.0 Å². The number of hydrogen-bond donors (Lipinski definition) is 2. The second-order valence-electron chi connectivity index (χ2n) is 5.12. The van der Waals surface area contributed by atoms with Crippen LogP contribution < -0.4 is 19.7 Å². The molecule has 2 aromatic rings. The number of benzene rings is 1. The Morgan fingerprint density at radius 3 is 2.54 bits per heavy atom. The Kier molecular flexibility index (Phi) is 6.43. The zero-order valence-corrected chi connectivity index (χ0v) is 14.9. The highest BCUT2D eigenvalue weighted by Gasteiger charge is 2.13. The van der Waals surface area contributed by atoms with E-state index in [1.165, 1.54) is 0 Å². The molecular formula is C17H22N2O4S. The van der Waals surface area contributed by atoms with Crippen LogP contribution in [0.25, 0.3) is 0 Å². The molecule has 2 rings (SSSR count). The van der Waals surface area contributed by atoms with E-state index in [0.717, 1.165) is 22.6 Å². The summed E-state index contributed by atoms with van der Waals surface area (Å²) in [5.74, 6) is 1.20. The predicted molar refractivity (Wildman–Crippen MR) is 94.5 cm³/mol. The monoisotopic (exact) mass is 350 g/mol. The average Bonchev–Trinajstić information content (AvgIpc) is 2.89. The maximum atomic E-state index is 12.1. The van der Waals surface area contributed by atoms with Crippen molar-refractivity contribution in [2.45, 2.75) is 27.2 Å². The summed E-state index contributed by atoms with van der Waals surface area (Å²) in [6.07, 6.45) is 0.663. The van der Waals surface area contributed by atoms with Crippen molar-refractivity contribution in [1.82, 2.24) is 10.3 Å². The van der Waals surface area contributed by atoms with Gasteiger partial charge in [-0.1, -0.05) is 17.4 Å². The summed E-state index contributed by atoms with van der Waals surface area (Å²) in [5.41, 5.74) is 1.64. The molecule has 24 heavy (non-hydrogen) atoms. The molecule has 0 unspecified atom stereocenters. The fourth-order valence-electron chi connectivity index (χ4n) is 2.27. The lowest BCUT2D eigenvalue weighted by Crippen LogP contribution is -2.25. The Morgan fingerprint density at radius 1 is 1.21 bits per heavy atom. The van der Waals surface area contributed by atoms with Gasteiger partial charge in [-0.3, -0.25) is 9.59 Å². The molecule has 0 aliphatic rings. The van der Waals surface area contributed by atoms with E-state index in [2.05, 4.69) is 10.3 Å². The quantitative estimate of drug-likeness (QED) is 0.767. The summed E-state index contributed by atoms with van der Waals surface area (Å²) in [6.45, 7) is 7.18. The Hall–Kier alpha value is -2.28. The van der Waals surface area contributed by atoms with Gasteiger partial charge in [0.25, 0.3) is 5.91 Å². The van der Waals surface area contributed by atoms with Gasteiger partial charge < -0.3 is 19.8 Å². The lowest BCUT2D eigenvalue weighted by atomic mass is 10.1. The third kappa shape index (κ3) is 4.61. The zero-order valence-electron chi connectivity index (χ0n) is 14.1. The van der Waals surface area contributed by atoms with Gasteiger partial charge in [0.2, 0.25) is 0 Å². The standard InChI is InChI=1S/C17H22N2O4S/c1-4-22-13-7-6-12(10-14(13)23-5-2)8-9-18-16(20)15-11(3)19-17(21)24-15/h6-7,10H,4-5,8-9H2,1-3H3,(H,18,20)(H,19,21). The van der Waals surface area contributed by atoms with Crippen LogP contribution in [0.3, 0.4) is 0 Å². The number of hydrogen-bond acceptors (Lipinski definition) is 5. The number of carbonyl (C=O) groups excluding carboxylic acids is 1. The number of carbonyl (C=O) groups is 1. The molecule has 0 bridgehead atoms. The molecule has 0 fully saturated rings. The normalized spacial score (nSPS) is 10.5. The average molecular weight is 350 g/mol. The zero-order chi connectivity index (χ0) is 17.5. The van der Waals surface area contributed by atoms with Crippen LogP contribution in [0, 0.1) is 6.92 Å². The van der Waals surface area contributed by atoms with E-state index in [0.29, 0.717) is 42.5 Å². The summed E-state index contributed by atoms with van der Waals surface area (Å²) >= 11 is 0.925. The van der Waals surface area contributed by atoms with Gasteiger partial charge >= 0.3 is 4.87 Å². The summed E-state index contributed by atoms with van der Waals surface area (Å²) < 4.78 is 11.1. The number of amides is 1. The second-order valence-corrected chi connectivity index (χ2v) is 6.10. The van der Waals surface area contributed by atoms with Crippen LogP contribution in [0.4, 0.5) is 0 Å². The number of aryl methyl sites for hydroxylation is 1.